The van der Waals surface area contributed by atoms with E-state index in [1.807, 2.05) is 11.9 Å². The maximum Gasteiger partial charge on any atom is 0.226 e. The van der Waals surface area contributed by atoms with Crippen LogP contribution in [-0.4, -0.2) is 30.9 Å². The molecule has 0 aromatic heterocycles. The van der Waals surface area contributed by atoms with Crippen LogP contribution in [0.25, 0.3) is 0 Å². The number of amides is 1. The van der Waals surface area contributed by atoms with Gasteiger partial charge in [0, 0.05) is 19.5 Å². The summed E-state index contributed by atoms with van der Waals surface area (Å²) in [6.07, 6.45) is 3.88. The number of hydrogen-bond donors (Lipinski definition) is 1. The first kappa shape index (κ1) is 11.9. The molecule has 1 amide bonds. The summed E-state index contributed by atoms with van der Waals surface area (Å²) >= 11 is 0. The van der Waals surface area contributed by atoms with Gasteiger partial charge in [0.15, 0.2) is 0 Å². The molecule has 0 aromatic rings. The van der Waals surface area contributed by atoms with Crippen LogP contribution in [0.15, 0.2) is 0 Å². The van der Waals surface area contributed by atoms with Gasteiger partial charge in [-0.1, -0.05) is 20.3 Å². The van der Waals surface area contributed by atoms with Crippen LogP contribution in [-0.2, 0) is 4.79 Å². The normalized spacial score (nSPS) is 32.4. The van der Waals surface area contributed by atoms with E-state index >= 15 is 0 Å². The number of hydrogen-bond acceptors (Lipinski definition) is 2. The topological polar surface area (TPSA) is 46.3 Å². The van der Waals surface area contributed by atoms with Crippen molar-refractivity contribution >= 4 is 5.91 Å². The van der Waals surface area contributed by atoms with Crippen LogP contribution in [0.2, 0.25) is 0 Å². The summed E-state index contributed by atoms with van der Waals surface area (Å²) < 4.78 is 0. The second-order valence-corrected chi connectivity index (χ2v) is 6.35. The molecule has 0 aromatic carbocycles. The third-order valence-electron chi connectivity index (χ3n) is 4.29. The second kappa shape index (κ2) is 4.02. The molecule has 0 heterocycles. The Morgan fingerprint density at radius 1 is 1.38 bits per heavy atom. The van der Waals surface area contributed by atoms with E-state index in [0.29, 0.717) is 18.4 Å². The largest absolute Gasteiger partial charge is 0.345 e. The zero-order valence-corrected chi connectivity index (χ0v) is 10.7. The predicted octanol–water partition coefficient (Wildman–Crippen LogP) is 1.48. The Balaban J connectivity index is 1.86. The lowest BCUT2D eigenvalue weighted by molar-refractivity contribution is -0.133. The Bertz CT molecular complexity index is 278. The maximum absolute atomic E-state index is 12.2. The van der Waals surface area contributed by atoms with Crippen LogP contribution in [0, 0.1) is 23.2 Å². The van der Waals surface area contributed by atoms with Gasteiger partial charge in [-0.3, -0.25) is 4.79 Å². The van der Waals surface area contributed by atoms with Gasteiger partial charge in [-0.05, 0) is 36.6 Å². The number of carbonyl (C=O) groups is 1. The first-order valence-corrected chi connectivity index (χ1v) is 6.41. The lowest BCUT2D eigenvalue weighted by Crippen LogP contribution is -2.40. The van der Waals surface area contributed by atoms with Crippen molar-refractivity contribution in [2.24, 2.45) is 28.9 Å². The summed E-state index contributed by atoms with van der Waals surface area (Å²) in [6.45, 7) is 5.63. The van der Waals surface area contributed by atoms with E-state index in [0.717, 1.165) is 18.4 Å². The van der Waals surface area contributed by atoms with Gasteiger partial charge >= 0.3 is 0 Å². The molecule has 16 heavy (non-hydrogen) atoms. The highest BCUT2D eigenvalue weighted by molar-refractivity contribution is 5.82. The summed E-state index contributed by atoms with van der Waals surface area (Å²) in [7, 11) is 1.92. The Labute approximate surface area is 98.4 Å². The molecule has 0 aliphatic heterocycles. The average molecular weight is 224 g/mol. The van der Waals surface area contributed by atoms with E-state index in [9.17, 15) is 4.79 Å². The van der Waals surface area contributed by atoms with Crippen molar-refractivity contribution < 1.29 is 4.79 Å². The monoisotopic (exact) mass is 224 g/mol. The molecule has 2 aliphatic carbocycles. The standard InChI is InChI=1S/C13H24N2O/c1-13(2,7-14)8-15(3)12(16)11-9-5-4-6-10(9)11/h9-11H,4-8,14H2,1-3H3. The van der Waals surface area contributed by atoms with Crippen LogP contribution in [0.5, 0.6) is 0 Å². The molecule has 2 N–H and O–H groups in total. The molecule has 0 bridgehead atoms. The van der Waals surface area contributed by atoms with E-state index in [1.165, 1.54) is 19.3 Å². The summed E-state index contributed by atoms with van der Waals surface area (Å²) in [5.41, 5.74) is 5.74. The third kappa shape index (κ3) is 2.10. The minimum atomic E-state index is 0.0361. The van der Waals surface area contributed by atoms with Crippen LogP contribution >= 0.6 is 0 Å². The lowest BCUT2D eigenvalue weighted by atomic mass is 9.93. The Morgan fingerprint density at radius 3 is 2.44 bits per heavy atom. The van der Waals surface area contributed by atoms with Crippen molar-refractivity contribution in [1.82, 2.24) is 4.90 Å². The van der Waals surface area contributed by atoms with Crippen molar-refractivity contribution in [3.63, 3.8) is 0 Å². The molecular weight excluding hydrogens is 200 g/mol. The summed E-state index contributed by atoms with van der Waals surface area (Å²) in [5.74, 6) is 2.15. The molecule has 2 rings (SSSR count). The zero-order valence-electron chi connectivity index (χ0n) is 10.7. The predicted molar refractivity (Wildman–Crippen MR) is 64.8 cm³/mol. The van der Waals surface area contributed by atoms with Crippen molar-refractivity contribution in [3.8, 4) is 0 Å². The van der Waals surface area contributed by atoms with Gasteiger partial charge in [-0.2, -0.15) is 0 Å². The van der Waals surface area contributed by atoms with Gasteiger partial charge in [0.25, 0.3) is 0 Å². The number of rotatable bonds is 4. The number of nitrogens with zero attached hydrogens (tertiary/aromatic N) is 1. The average Bonchev–Trinajstić information content (AvgIpc) is 2.69. The van der Waals surface area contributed by atoms with E-state index in [1.54, 1.807) is 0 Å². The van der Waals surface area contributed by atoms with Gasteiger partial charge in [0.2, 0.25) is 5.91 Å². The van der Waals surface area contributed by atoms with Gasteiger partial charge in [-0.15, -0.1) is 0 Å². The molecule has 0 radical (unpaired) electrons. The molecule has 3 heteroatoms. The van der Waals surface area contributed by atoms with Gasteiger partial charge < -0.3 is 10.6 Å². The molecule has 3 nitrogen and oxygen atoms in total. The van der Waals surface area contributed by atoms with Crippen molar-refractivity contribution in [3.05, 3.63) is 0 Å². The van der Waals surface area contributed by atoms with Gasteiger partial charge in [0.1, 0.15) is 0 Å². The molecule has 0 spiro atoms. The number of fused-ring (bicyclic) bond motifs is 1. The smallest absolute Gasteiger partial charge is 0.226 e. The Hall–Kier alpha value is -0.570. The highest BCUT2D eigenvalue weighted by Gasteiger charge is 2.57. The van der Waals surface area contributed by atoms with E-state index in [-0.39, 0.29) is 5.41 Å². The minimum absolute atomic E-state index is 0.0361. The molecule has 2 aliphatic rings. The quantitative estimate of drug-likeness (QED) is 0.786. The first-order chi connectivity index (χ1) is 7.46. The summed E-state index contributed by atoms with van der Waals surface area (Å²) in [5, 5.41) is 0. The molecule has 92 valence electrons. The fourth-order valence-electron chi connectivity index (χ4n) is 3.23. The third-order valence-corrected chi connectivity index (χ3v) is 4.29. The van der Waals surface area contributed by atoms with E-state index in [4.69, 9.17) is 5.73 Å². The van der Waals surface area contributed by atoms with Crippen LogP contribution < -0.4 is 5.73 Å². The highest BCUT2D eigenvalue weighted by atomic mass is 16.2. The van der Waals surface area contributed by atoms with Crippen LogP contribution in [0.3, 0.4) is 0 Å². The molecule has 2 unspecified atom stereocenters. The van der Waals surface area contributed by atoms with E-state index < -0.39 is 0 Å². The second-order valence-electron chi connectivity index (χ2n) is 6.35. The van der Waals surface area contributed by atoms with Crippen LogP contribution in [0.4, 0.5) is 0 Å². The molecule has 0 saturated heterocycles. The molecule has 2 fully saturated rings. The number of nitrogens with two attached hydrogens (primary N) is 1. The maximum atomic E-state index is 12.2. The van der Waals surface area contributed by atoms with E-state index in [2.05, 4.69) is 13.8 Å². The lowest BCUT2D eigenvalue weighted by Gasteiger charge is -2.29. The first-order valence-electron chi connectivity index (χ1n) is 6.41. The highest BCUT2D eigenvalue weighted by Crippen LogP contribution is 2.58. The van der Waals surface area contributed by atoms with Gasteiger partial charge in [0.05, 0.1) is 0 Å². The Morgan fingerprint density at radius 2 is 1.94 bits per heavy atom. The van der Waals surface area contributed by atoms with Gasteiger partial charge in [-0.25, -0.2) is 0 Å². The molecule has 2 atom stereocenters. The Kier molecular flexibility index (Phi) is 2.99. The fourth-order valence-corrected chi connectivity index (χ4v) is 3.23. The van der Waals surface area contributed by atoms with Crippen molar-refractivity contribution in [1.29, 1.82) is 0 Å². The summed E-state index contributed by atoms with van der Waals surface area (Å²) in [4.78, 5) is 14.1. The molecular formula is C13H24N2O. The summed E-state index contributed by atoms with van der Waals surface area (Å²) in [6, 6.07) is 0. The SMILES string of the molecule is CN(CC(C)(C)CN)C(=O)C1C2CCCC21. The van der Waals surface area contributed by atoms with Crippen molar-refractivity contribution in [2.75, 3.05) is 20.1 Å². The van der Waals surface area contributed by atoms with Crippen LogP contribution in [0.1, 0.15) is 33.1 Å². The number of carbonyl (C=O) groups excluding carboxylic acids is 1. The molecule has 2 saturated carbocycles. The van der Waals surface area contributed by atoms with Crippen molar-refractivity contribution in [2.45, 2.75) is 33.1 Å². The fraction of sp³-hybridized carbons (Fsp3) is 0.923. The minimum Gasteiger partial charge on any atom is -0.345 e. The zero-order chi connectivity index (χ0) is 11.9.